The Balaban J connectivity index is 1.34. The van der Waals surface area contributed by atoms with Gasteiger partial charge in [-0.2, -0.15) is 0 Å². The van der Waals surface area contributed by atoms with Gasteiger partial charge >= 0.3 is 0 Å². The number of rotatable bonds is 3. The molecular formula is C23H23ClN2O4. The van der Waals surface area contributed by atoms with E-state index in [0.717, 1.165) is 29.9 Å². The lowest BCUT2D eigenvalue weighted by Gasteiger charge is -2.28. The molecule has 6 nitrogen and oxygen atoms in total. The van der Waals surface area contributed by atoms with E-state index in [1.807, 2.05) is 41.3 Å². The van der Waals surface area contributed by atoms with Crippen molar-refractivity contribution < 1.29 is 19.1 Å². The van der Waals surface area contributed by atoms with E-state index in [1.54, 1.807) is 11.0 Å². The molecule has 2 fully saturated rings. The van der Waals surface area contributed by atoms with Crippen LogP contribution in [0.25, 0.3) is 0 Å². The van der Waals surface area contributed by atoms with Crippen LogP contribution in [0.1, 0.15) is 30.9 Å². The number of amides is 2. The van der Waals surface area contributed by atoms with E-state index in [9.17, 15) is 9.59 Å². The first kappa shape index (κ1) is 19.2. The molecule has 5 rings (SSSR count). The molecule has 3 heterocycles. The predicted octanol–water partition coefficient (Wildman–Crippen LogP) is 3.83. The quantitative estimate of drug-likeness (QED) is 0.748. The van der Waals surface area contributed by atoms with Gasteiger partial charge in [-0.3, -0.25) is 9.59 Å². The van der Waals surface area contributed by atoms with Crippen LogP contribution in [-0.4, -0.2) is 43.0 Å². The predicted molar refractivity (Wildman–Crippen MR) is 113 cm³/mol. The van der Waals surface area contributed by atoms with Crippen molar-refractivity contribution in [2.24, 2.45) is 5.92 Å². The van der Waals surface area contributed by atoms with E-state index in [0.29, 0.717) is 37.0 Å². The molecule has 3 aliphatic rings. The molecule has 0 aliphatic carbocycles. The minimum absolute atomic E-state index is 0.00204. The Morgan fingerprint density at radius 1 is 1.07 bits per heavy atom. The summed E-state index contributed by atoms with van der Waals surface area (Å²) in [5.41, 5.74) is 1.72. The van der Waals surface area contributed by atoms with Crippen LogP contribution in [0, 0.1) is 5.92 Å². The third kappa shape index (κ3) is 3.39. The highest BCUT2D eigenvalue weighted by Crippen LogP contribution is 2.40. The molecule has 0 spiro atoms. The van der Waals surface area contributed by atoms with E-state index >= 15 is 0 Å². The van der Waals surface area contributed by atoms with Crippen molar-refractivity contribution >= 4 is 29.1 Å². The number of hydrogen-bond donors (Lipinski definition) is 0. The summed E-state index contributed by atoms with van der Waals surface area (Å²) >= 11 is 6.27. The van der Waals surface area contributed by atoms with Gasteiger partial charge in [0.2, 0.25) is 11.8 Å². The summed E-state index contributed by atoms with van der Waals surface area (Å²) in [6.45, 7) is 2.16. The van der Waals surface area contributed by atoms with E-state index in [4.69, 9.17) is 21.1 Å². The van der Waals surface area contributed by atoms with Gasteiger partial charge in [0.25, 0.3) is 0 Å². The Morgan fingerprint density at radius 2 is 1.87 bits per heavy atom. The second-order valence-electron chi connectivity index (χ2n) is 7.95. The lowest BCUT2D eigenvalue weighted by molar-refractivity contribution is -0.136. The standard InChI is InChI=1S/C23H23ClN2O4/c24-17-4-1-2-5-19(17)26-14-16(13-22(26)27)23(28)25-9-3-6-18(25)15-7-8-20-21(12-15)30-11-10-29-20/h1-2,4-5,7-8,12,16,18H,3,6,9-11,13-14H2. The fourth-order valence-corrected chi connectivity index (χ4v) is 4.89. The van der Waals surface area contributed by atoms with E-state index < -0.39 is 0 Å². The maximum Gasteiger partial charge on any atom is 0.228 e. The van der Waals surface area contributed by atoms with Crippen molar-refractivity contribution in [3.05, 3.63) is 53.1 Å². The molecule has 0 N–H and O–H groups in total. The Morgan fingerprint density at radius 3 is 2.70 bits per heavy atom. The molecule has 2 aromatic carbocycles. The largest absolute Gasteiger partial charge is 0.486 e. The van der Waals surface area contributed by atoms with Gasteiger partial charge in [-0.25, -0.2) is 0 Å². The molecule has 0 aromatic heterocycles. The first-order valence-electron chi connectivity index (χ1n) is 10.4. The summed E-state index contributed by atoms with van der Waals surface area (Å²) in [7, 11) is 0. The number of benzene rings is 2. The lowest BCUT2D eigenvalue weighted by Crippen LogP contribution is -2.37. The average Bonchev–Trinajstić information content (AvgIpc) is 3.40. The third-order valence-electron chi connectivity index (χ3n) is 6.10. The molecule has 2 saturated heterocycles. The summed E-state index contributed by atoms with van der Waals surface area (Å²) < 4.78 is 11.3. The second-order valence-corrected chi connectivity index (χ2v) is 8.36. The molecule has 0 saturated carbocycles. The number of hydrogen-bond acceptors (Lipinski definition) is 4. The second kappa shape index (κ2) is 7.84. The maximum absolute atomic E-state index is 13.4. The molecule has 3 aliphatic heterocycles. The van der Waals surface area contributed by atoms with Gasteiger partial charge in [0.05, 0.1) is 22.7 Å². The number of nitrogens with zero attached hydrogens (tertiary/aromatic N) is 2. The van der Waals surface area contributed by atoms with E-state index in [1.165, 1.54) is 0 Å². The van der Waals surface area contributed by atoms with Gasteiger partial charge in [0.1, 0.15) is 13.2 Å². The van der Waals surface area contributed by atoms with Gasteiger partial charge in [0.15, 0.2) is 11.5 Å². The van der Waals surface area contributed by atoms with Crippen molar-refractivity contribution in [1.82, 2.24) is 4.90 Å². The molecule has 2 amide bonds. The molecule has 7 heteroatoms. The van der Waals surface area contributed by atoms with Crippen molar-refractivity contribution in [2.45, 2.75) is 25.3 Å². The van der Waals surface area contributed by atoms with E-state index in [2.05, 4.69) is 0 Å². The highest BCUT2D eigenvalue weighted by molar-refractivity contribution is 6.33. The van der Waals surface area contributed by atoms with Crippen LogP contribution in [0.5, 0.6) is 11.5 Å². The summed E-state index contributed by atoms with van der Waals surface area (Å²) in [5.74, 6) is 1.11. The van der Waals surface area contributed by atoms with Crippen molar-refractivity contribution in [3.8, 4) is 11.5 Å². The van der Waals surface area contributed by atoms with Crippen LogP contribution in [0.2, 0.25) is 5.02 Å². The number of para-hydroxylation sites is 1. The average molecular weight is 427 g/mol. The topological polar surface area (TPSA) is 59.1 Å². The van der Waals surface area contributed by atoms with Gasteiger partial charge < -0.3 is 19.3 Å². The van der Waals surface area contributed by atoms with Crippen LogP contribution in [-0.2, 0) is 9.59 Å². The van der Waals surface area contributed by atoms with Crippen LogP contribution < -0.4 is 14.4 Å². The monoisotopic (exact) mass is 426 g/mol. The zero-order valence-electron chi connectivity index (χ0n) is 16.6. The lowest BCUT2D eigenvalue weighted by atomic mass is 10.0. The highest BCUT2D eigenvalue weighted by Gasteiger charge is 2.41. The highest BCUT2D eigenvalue weighted by atomic mass is 35.5. The third-order valence-corrected chi connectivity index (χ3v) is 6.42. The number of anilines is 1. The zero-order chi connectivity index (χ0) is 20.7. The van der Waals surface area contributed by atoms with Crippen LogP contribution in [0.3, 0.4) is 0 Å². The number of carbonyl (C=O) groups excluding carboxylic acids is 2. The van der Waals surface area contributed by atoms with Gasteiger partial charge in [-0.05, 0) is 42.7 Å². The summed E-state index contributed by atoms with van der Waals surface area (Å²) in [4.78, 5) is 29.6. The fourth-order valence-electron chi connectivity index (χ4n) is 4.66. The molecular weight excluding hydrogens is 404 g/mol. The normalized spacial score (nSPS) is 23.2. The Hall–Kier alpha value is -2.73. The van der Waals surface area contributed by atoms with Crippen LogP contribution >= 0.6 is 11.6 Å². The summed E-state index contributed by atoms with van der Waals surface area (Å²) in [6, 6.07) is 13.2. The van der Waals surface area contributed by atoms with Crippen molar-refractivity contribution in [1.29, 1.82) is 0 Å². The Labute approximate surface area is 180 Å². The van der Waals surface area contributed by atoms with E-state index in [-0.39, 0.29) is 30.2 Å². The van der Waals surface area contributed by atoms with Crippen molar-refractivity contribution in [3.63, 3.8) is 0 Å². The molecule has 0 bridgehead atoms. The number of halogens is 1. The minimum Gasteiger partial charge on any atom is -0.486 e. The summed E-state index contributed by atoms with van der Waals surface area (Å²) in [5, 5.41) is 0.522. The molecule has 30 heavy (non-hydrogen) atoms. The molecule has 2 aromatic rings. The first-order chi connectivity index (χ1) is 14.6. The van der Waals surface area contributed by atoms with Crippen LogP contribution in [0.15, 0.2) is 42.5 Å². The van der Waals surface area contributed by atoms with Gasteiger partial charge in [-0.15, -0.1) is 0 Å². The van der Waals surface area contributed by atoms with Crippen LogP contribution in [0.4, 0.5) is 5.69 Å². The Bertz CT molecular complexity index is 995. The number of fused-ring (bicyclic) bond motifs is 1. The molecule has 156 valence electrons. The number of carbonyl (C=O) groups is 2. The maximum atomic E-state index is 13.4. The van der Waals surface area contributed by atoms with Gasteiger partial charge in [-0.1, -0.05) is 29.8 Å². The SMILES string of the molecule is O=C1CC(C(=O)N2CCCC2c2ccc3c(c2)OCCO3)CN1c1ccccc1Cl. The fraction of sp³-hybridized carbons (Fsp3) is 0.391. The summed E-state index contributed by atoms with van der Waals surface area (Å²) in [6.07, 6.45) is 2.06. The Kier molecular flexibility index (Phi) is 5.03. The molecule has 2 atom stereocenters. The number of likely N-dealkylation sites (tertiary alicyclic amines) is 1. The molecule has 2 unspecified atom stereocenters. The first-order valence-corrected chi connectivity index (χ1v) is 10.7. The zero-order valence-corrected chi connectivity index (χ0v) is 17.3. The van der Waals surface area contributed by atoms with Gasteiger partial charge in [0, 0.05) is 19.5 Å². The number of ether oxygens (including phenoxy) is 2. The minimum atomic E-state index is -0.355. The van der Waals surface area contributed by atoms with Crippen molar-refractivity contribution in [2.75, 3.05) is 31.2 Å². The molecule has 0 radical (unpaired) electrons. The smallest absolute Gasteiger partial charge is 0.228 e.